The van der Waals surface area contributed by atoms with Gasteiger partial charge in [-0.05, 0) is 37.6 Å². The van der Waals surface area contributed by atoms with Crippen LogP contribution in [0, 0.1) is 6.92 Å². The fourth-order valence-corrected chi connectivity index (χ4v) is 2.07. The zero-order valence-corrected chi connectivity index (χ0v) is 12.2. The van der Waals surface area contributed by atoms with Crippen LogP contribution in [0.15, 0.2) is 28.9 Å². The van der Waals surface area contributed by atoms with Crippen molar-refractivity contribution in [3.63, 3.8) is 0 Å². The molecule has 2 aromatic rings. The van der Waals surface area contributed by atoms with E-state index >= 15 is 0 Å². The zero-order valence-electron chi connectivity index (χ0n) is 10.7. The van der Waals surface area contributed by atoms with Gasteiger partial charge in [0.05, 0.1) is 17.6 Å². The van der Waals surface area contributed by atoms with Gasteiger partial charge in [0.15, 0.2) is 0 Å². The van der Waals surface area contributed by atoms with Gasteiger partial charge in [-0.15, -0.1) is 5.10 Å². The van der Waals surface area contributed by atoms with Crippen molar-refractivity contribution in [2.45, 2.75) is 26.8 Å². The van der Waals surface area contributed by atoms with Crippen molar-refractivity contribution in [1.82, 2.24) is 20.3 Å². The summed E-state index contributed by atoms with van der Waals surface area (Å²) < 4.78 is 2.95. The minimum absolute atomic E-state index is 0.784. The van der Waals surface area contributed by atoms with Gasteiger partial charge in [-0.25, -0.2) is 4.68 Å². The lowest BCUT2D eigenvalue weighted by Gasteiger charge is -2.08. The van der Waals surface area contributed by atoms with E-state index in [-0.39, 0.29) is 0 Å². The smallest absolute Gasteiger partial charge is 0.0783 e. The van der Waals surface area contributed by atoms with Crippen molar-refractivity contribution >= 4 is 15.9 Å². The van der Waals surface area contributed by atoms with Crippen LogP contribution in [0.1, 0.15) is 24.6 Å². The van der Waals surface area contributed by atoms with E-state index in [1.807, 2.05) is 4.68 Å². The van der Waals surface area contributed by atoms with Crippen LogP contribution in [0.2, 0.25) is 0 Å². The van der Waals surface area contributed by atoms with E-state index in [1.54, 1.807) is 6.20 Å². The monoisotopic (exact) mass is 308 g/mol. The third kappa shape index (κ3) is 2.97. The second-order valence-corrected chi connectivity index (χ2v) is 5.10. The molecule has 2 rings (SSSR count). The second kappa shape index (κ2) is 6.11. The number of rotatable bonds is 5. The van der Waals surface area contributed by atoms with Crippen molar-refractivity contribution in [1.29, 1.82) is 0 Å². The summed E-state index contributed by atoms with van der Waals surface area (Å²) in [5, 5.41) is 11.5. The number of benzene rings is 1. The molecular formula is C13H17BrN4. The molecule has 1 heterocycles. The lowest BCUT2D eigenvalue weighted by molar-refractivity contribution is 0.641. The molecule has 0 bridgehead atoms. The van der Waals surface area contributed by atoms with E-state index in [0.29, 0.717) is 0 Å². The van der Waals surface area contributed by atoms with Gasteiger partial charge in [-0.2, -0.15) is 0 Å². The number of hydrogen-bond acceptors (Lipinski definition) is 3. The van der Waals surface area contributed by atoms with Gasteiger partial charge in [0.25, 0.3) is 0 Å². The molecule has 18 heavy (non-hydrogen) atoms. The molecule has 0 atom stereocenters. The molecule has 0 unspecified atom stereocenters. The Morgan fingerprint density at radius 3 is 2.94 bits per heavy atom. The Morgan fingerprint density at radius 1 is 1.39 bits per heavy atom. The van der Waals surface area contributed by atoms with Crippen molar-refractivity contribution < 1.29 is 0 Å². The normalized spacial score (nSPS) is 10.8. The molecule has 1 aromatic heterocycles. The van der Waals surface area contributed by atoms with Crippen molar-refractivity contribution in [2.24, 2.45) is 0 Å². The van der Waals surface area contributed by atoms with E-state index < -0.39 is 0 Å². The number of nitrogens with one attached hydrogen (secondary N) is 1. The molecule has 1 aromatic carbocycles. The Labute approximate surface area is 116 Å². The second-order valence-electron chi connectivity index (χ2n) is 4.25. The summed E-state index contributed by atoms with van der Waals surface area (Å²) in [6, 6.07) is 6.19. The fourth-order valence-electron chi connectivity index (χ4n) is 1.70. The first-order valence-corrected chi connectivity index (χ1v) is 6.88. The number of hydrogen-bond donors (Lipinski definition) is 1. The first-order chi connectivity index (χ1) is 8.72. The van der Waals surface area contributed by atoms with Gasteiger partial charge in [0, 0.05) is 11.0 Å². The largest absolute Gasteiger partial charge is 0.311 e. The first-order valence-electron chi connectivity index (χ1n) is 6.09. The molecule has 5 heteroatoms. The molecular weight excluding hydrogens is 292 g/mol. The summed E-state index contributed by atoms with van der Waals surface area (Å²) >= 11 is 3.54. The number of nitrogens with zero attached hydrogens (tertiary/aromatic N) is 3. The average Bonchev–Trinajstić information content (AvgIpc) is 2.81. The summed E-state index contributed by atoms with van der Waals surface area (Å²) in [7, 11) is 0. The summed E-state index contributed by atoms with van der Waals surface area (Å²) in [4.78, 5) is 0. The molecule has 0 saturated heterocycles. The van der Waals surface area contributed by atoms with E-state index in [1.165, 1.54) is 5.56 Å². The lowest BCUT2D eigenvalue weighted by Crippen LogP contribution is -2.16. The van der Waals surface area contributed by atoms with Gasteiger partial charge >= 0.3 is 0 Å². The Hall–Kier alpha value is -1.20. The summed E-state index contributed by atoms with van der Waals surface area (Å²) in [6.45, 7) is 6.01. The fraction of sp³-hybridized carbons (Fsp3) is 0.385. The number of aryl methyl sites for hydroxylation is 1. The SMILES string of the molecule is CCCNCc1cnnn1-c1ccc(C)c(Br)c1. The van der Waals surface area contributed by atoms with Crippen LogP contribution in [-0.4, -0.2) is 21.5 Å². The Morgan fingerprint density at radius 2 is 2.22 bits per heavy atom. The molecule has 0 amide bonds. The minimum atomic E-state index is 0.784. The Kier molecular flexibility index (Phi) is 4.49. The molecule has 1 N–H and O–H groups in total. The Balaban J connectivity index is 2.22. The molecule has 4 nitrogen and oxygen atoms in total. The van der Waals surface area contributed by atoms with E-state index in [2.05, 4.69) is 63.6 Å². The molecule has 0 fully saturated rings. The predicted molar refractivity (Wildman–Crippen MR) is 75.8 cm³/mol. The molecule has 0 spiro atoms. The van der Waals surface area contributed by atoms with E-state index in [9.17, 15) is 0 Å². The quantitative estimate of drug-likeness (QED) is 0.864. The van der Waals surface area contributed by atoms with E-state index in [0.717, 1.165) is 35.4 Å². The third-order valence-corrected chi connectivity index (χ3v) is 3.61. The van der Waals surface area contributed by atoms with Crippen molar-refractivity contribution in [3.8, 4) is 5.69 Å². The zero-order chi connectivity index (χ0) is 13.0. The molecule has 0 aliphatic carbocycles. The highest BCUT2D eigenvalue weighted by Crippen LogP contribution is 2.20. The van der Waals surface area contributed by atoms with E-state index in [4.69, 9.17) is 0 Å². The standard InChI is InChI=1S/C13H17BrN4/c1-3-6-15-8-12-9-16-17-18(12)11-5-4-10(2)13(14)7-11/h4-5,7,9,15H,3,6,8H2,1-2H3. The third-order valence-electron chi connectivity index (χ3n) is 2.75. The minimum Gasteiger partial charge on any atom is -0.311 e. The molecule has 0 aliphatic heterocycles. The van der Waals surface area contributed by atoms with Crippen molar-refractivity contribution in [3.05, 3.63) is 40.1 Å². The maximum atomic E-state index is 4.14. The van der Waals surface area contributed by atoms with Crippen molar-refractivity contribution in [2.75, 3.05) is 6.54 Å². The Bertz CT molecular complexity index is 521. The molecule has 0 aliphatic rings. The number of halogens is 1. The molecule has 96 valence electrons. The van der Waals surface area contributed by atoms with Crippen LogP contribution in [0.25, 0.3) is 5.69 Å². The summed E-state index contributed by atoms with van der Waals surface area (Å²) in [5.74, 6) is 0. The highest BCUT2D eigenvalue weighted by atomic mass is 79.9. The van der Waals surface area contributed by atoms with Crippen LogP contribution < -0.4 is 5.32 Å². The van der Waals surface area contributed by atoms with Crippen LogP contribution in [-0.2, 0) is 6.54 Å². The maximum absolute atomic E-state index is 4.14. The summed E-state index contributed by atoms with van der Waals surface area (Å²) in [6.07, 6.45) is 2.92. The molecule has 0 radical (unpaired) electrons. The van der Waals surface area contributed by atoms with Gasteiger partial charge < -0.3 is 5.32 Å². The maximum Gasteiger partial charge on any atom is 0.0783 e. The number of aromatic nitrogens is 3. The van der Waals surface area contributed by atoms with Crippen LogP contribution in [0.3, 0.4) is 0 Å². The van der Waals surface area contributed by atoms with Gasteiger partial charge in [-0.3, -0.25) is 0 Å². The van der Waals surface area contributed by atoms with Gasteiger partial charge in [0.2, 0.25) is 0 Å². The van der Waals surface area contributed by atoms with Crippen LogP contribution in [0.5, 0.6) is 0 Å². The predicted octanol–water partition coefficient (Wildman–Crippen LogP) is 2.84. The lowest BCUT2D eigenvalue weighted by atomic mass is 10.2. The first kappa shape index (κ1) is 13.2. The van der Waals surface area contributed by atoms with Crippen LogP contribution in [0.4, 0.5) is 0 Å². The van der Waals surface area contributed by atoms with Gasteiger partial charge in [-0.1, -0.05) is 34.1 Å². The van der Waals surface area contributed by atoms with Crippen LogP contribution >= 0.6 is 15.9 Å². The average molecular weight is 309 g/mol. The molecule has 0 saturated carbocycles. The highest BCUT2D eigenvalue weighted by molar-refractivity contribution is 9.10. The summed E-state index contributed by atoms with van der Waals surface area (Å²) in [5.41, 5.74) is 3.31. The highest BCUT2D eigenvalue weighted by Gasteiger charge is 2.06. The van der Waals surface area contributed by atoms with Gasteiger partial charge in [0.1, 0.15) is 0 Å². The topological polar surface area (TPSA) is 42.7 Å².